The summed E-state index contributed by atoms with van der Waals surface area (Å²) >= 11 is 0. The summed E-state index contributed by atoms with van der Waals surface area (Å²) in [4.78, 5) is 19.1. The second kappa shape index (κ2) is 5.53. The maximum atomic E-state index is 12.9. The maximum Gasteiger partial charge on any atom is 0.272 e. The lowest BCUT2D eigenvalue weighted by molar-refractivity contribution is 0.0777. The van der Waals surface area contributed by atoms with Crippen LogP contribution >= 0.6 is 0 Å². The number of imidazole rings is 1. The summed E-state index contributed by atoms with van der Waals surface area (Å²) in [6.45, 7) is 8.06. The normalized spacial score (nSPS) is 11.2. The molecular weight excluding hydrogens is 292 g/mol. The molecule has 3 aromatic rings. The van der Waals surface area contributed by atoms with Crippen molar-refractivity contribution >= 4 is 11.6 Å². The summed E-state index contributed by atoms with van der Waals surface area (Å²) in [7, 11) is 1.78. The monoisotopic (exact) mass is 312 g/mol. The molecule has 0 atom stereocenters. The Balaban J connectivity index is 1.95. The van der Waals surface area contributed by atoms with Gasteiger partial charge in [-0.2, -0.15) is 0 Å². The van der Waals surface area contributed by atoms with Crippen LogP contribution in [0.2, 0.25) is 0 Å². The molecule has 0 aromatic carbocycles. The molecule has 1 amide bonds. The Kier molecular flexibility index (Phi) is 3.67. The lowest BCUT2D eigenvalue weighted by Crippen LogP contribution is -2.28. The lowest BCUT2D eigenvalue weighted by atomic mass is 10.2. The van der Waals surface area contributed by atoms with E-state index in [1.54, 1.807) is 11.9 Å². The van der Waals surface area contributed by atoms with Gasteiger partial charge < -0.3 is 9.42 Å². The summed E-state index contributed by atoms with van der Waals surface area (Å²) in [5, 5.41) is 3.94. The van der Waals surface area contributed by atoms with Crippen LogP contribution in [-0.2, 0) is 6.54 Å². The number of aryl methyl sites for hydroxylation is 4. The first-order chi connectivity index (χ1) is 10.9. The average molecular weight is 312 g/mol. The number of amides is 1. The minimum Gasteiger partial charge on any atom is -0.361 e. The SMILES string of the molecule is Cc1ccn2c(C(=O)N(C)Cc3c(C)noc3C)c(C)nc2c1. The number of pyridine rings is 1. The lowest BCUT2D eigenvalue weighted by Gasteiger charge is -2.17. The number of hydrogen-bond acceptors (Lipinski definition) is 4. The van der Waals surface area contributed by atoms with Crippen molar-refractivity contribution in [3.63, 3.8) is 0 Å². The smallest absolute Gasteiger partial charge is 0.272 e. The summed E-state index contributed by atoms with van der Waals surface area (Å²) in [5.74, 6) is 0.673. The molecule has 0 saturated heterocycles. The van der Waals surface area contributed by atoms with Gasteiger partial charge in [0, 0.05) is 18.8 Å². The Labute approximate surface area is 134 Å². The standard InChI is InChI=1S/C17H20N4O2/c1-10-6-7-21-15(8-10)18-12(3)16(21)17(22)20(5)9-14-11(2)19-23-13(14)4/h6-8H,9H2,1-5H3. The molecule has 120 valence electrons. The molecule has 0 aliphatic heterocycles. The fraction of sp³-hybridized carbons (Fsp3) is 0.353. The van der Waals surface area contributed by atoms with Crippen molar-refractivity contribution in [3.05, 3.63) is 52.3 Å². The van der Waals surface area contributed by atoms with Gasteiger partial charge in [-0.05, 0) is 45.4 Å². The molecule has 0 aliphatic carbocycles. The molecule has 0 N–H and O–H groups in total. The van der Waals surface area contributed by atoms with Crippen LogP contribution in [0.5, 0.6) is 0 Å². The van der Waals surface area contributed by atoms with Crippen molar-refractivity contribution < 1.29 is 9.32 Å². The molecule has 23 heavy (non-hydrogen) atoms. The van der Waals surface area contributed by atoms with Gasteiger partial charge in [0.1, 0.15) is 17.1 Å². The minimum absolute atomic E-state index is 0.0705. The third kappa shape index (κ3) is 2.60. The van der Waals surface area contributed by atoms with Crippen LogP contribution in [0.4, 0.5) is 0 Å². The average Bonchev–Trinajstić information content (AvgIpc) is 2.98. The van der Waals surface area contributed by atoms with E-state index < -0.39 is 0 Å². The Morgan fingerprint density at radius 2 is 2.00 bits per heavy atom. The number of carbonyl (C=O) groups is 1. The third-order valence-corrected chi connectivity index (χ3v) is 4.08. The van der Waals surface area contributed by atoms with E-state index in [1.807, 2.05) is 50.4 Å². The number of aromatic nitrogens is 3. The molecule has 0 saturated carbocycles. The number of fused-ring (bicyclic) bond motifs is 1. The predicted octanol–water partition coefficient (Wildman–Crippen LogP) is 2.83. The highest BCUT2D eigenvalue weighted by atomic mass is 16.5. The highest BCUT2D eigenvalue weighted by molar-refractivity contribution is 5.94. The van der Waals surface area contributed by atoms with E-state index >= 15 is 0 Å². The fourth-order valence-electron chi connectivity index (χ4n) is 2.74. The zero-order valence-corrected chi connectivity index (χ0v) is 14.0. The largest absolute Gasteiger partial charge is 0.361 e. The van der Waals surface area contributed by atoms with Gasteiger partial charge in [0.2, 0.25) is 0 Å². The van der Waals surface area contributed by atoms with E-state index in [-0.39, 0.29) is 5.91 Å². The van der Waals surface area contributed by atoms with Gasteiger partial charge in [0.05, 0.1) is 17.9 Å². The van der Waals surface area contributed by atoms with Crippen LogP contribution in [-0.4, -0.2) is 32.4 Å². The van der Waals surface area contributed by atoms with Crippen LogP contribution in [0, 0.1) is 27.7 Å². The predicted molar refractivity (Wildman–Crippen MR) is 86.4 cm³/mol. The molecule has 0 unspecified atom stereocenters. The Morgan fingerprint density at radius 1 is 1.26 bits per heavy atom. The zero-order chi connectivity index (χ0) is 16.7. The van der Waals surface area contributed by atoms with Crippen molar-refractivity contribution in [3.8, 4) is 0 Å². The summed E-state index contributed by atoms with van der Waals surface area (Å²) < 4.78 is 7.01. The van der Waals surface area contributed by atoms with Crippen molar-refractivity contribution in [2.75, 3.05) is 7.05 Å². The topological polar surface area (TPSA) is 63.6 Å². The summed E-state index contributed by atoms with van der Waals surface area (Å²) in [5.41, 5.74) is 4.98. The molecule has 0 fully saturated rings. The Bertz CT molecular complexity index is 872. The van der Waals surface area contributed by atoms with E-state index in [2.05, 4.69) is 10.1 Å². The highest BCUT2D eigenvalue weighted by Crippen LogP contribution is 2.18. The van der Waals surface area contributed by atoms with Crippen molar-refractivity contribution in [1.29, 1.82) is 0 Å². The molecule has 6 nitrogen and oxygen atoms in total. The van der Waals surface area contributed by atoms with Crippen molar-refractivity contribution in [1.82, 2.24) is 19.4 Å². The van der Waals surface area contributed by atoms with Gasteiger partial charge >= 0.3 is 0 Å². The van der Waals surface area contributed by atoms with Crippen LogP contribution in [0.15, 0.2) is 22.9 Å². The van der Waals surface area contributed by atoms with Gasteiger partial charge in [-0.3, -0.25) is 9.20 Å². The van der Waals surface area contributed by atoms with Gasteiger partial charge in [0.15, 0.2) is 0 Å². The number of nitrogens with zero attached hydrogens (tertiary/aromatic N) is 4. The van der Waals surface area contributed by atoms with Gasteiger partial charge in [-0.1, -0.05) is 5.16 Å². The van der Waals surface area contributed by atoms with Crippen LogP contribution in [0.1, 0.15) is 38.8 Å². The fourth-order valence-corrected chi connectivity index (χ4v) is 2.74. The molecule has 6 heteroatoms. The first kappa shape index (κ1) is 15.3. The van der Waals surface area contributed by atoms with E-state index in [9.17, 15) is 4.79 Å². The van der Waals surface area contributed by atoms with Crippen molar-refractivity contribution in [2.24, 2.45) is 0 Å². The second-order valence-corrected chi connectivity index (χ2v) is 5.94. The first-order valence-electron chi connectivity index (χ1n) is 7.51. The summed E-state index contributed by atoms with van der Waals surface area (Å²) in [6, 6.07) is 3.94. The number of carbonyl (C=O) groups excluding carboxylic acids is 1. The maximum absolute atomic E-state index is 12.9. The molecule has 0 spiro atoms. The first-order valence-corrected chi connectivity index (χ1v) is 7.51. The summed E-state index contributed by atoms with van der Waals surface area (Å²) in [6.07, 6.45) is 1.89. The van der Waals surface area contributed by atoms with Gasteiger partial charge in [-0.15, -0.1) is 0 Å². The molecular formula is C17H20N4O2. The molecule has 3 heterocycles. The molecule has 0 aliphatic rings. The van der Waals surface area contributed by atoms with Crippen LogP contribution < -0.4 is 0 Å². The zero-order valence-electron chi connectivity index (χ0n) is 14.0. The quantitative estimate of drug-likeness (QED) is 0.746. The molecule has 3 aromatic heterocycles. The van der Waals surface area contributed by atoms with E-state index in [0.717, 1.165) is 33.9 Å². The van der Waals surface area contributed by atoms with E-state index in [1.165, 1.54) is 0 Å². The molecule has 0 radical (unpaired) electrons. The number of hydrogen-bond donors (Lipinski definition) is 0. The van der Waals surface area contributed by atoms with Gasteiger partial charge in [-0.25, -0.2) is 4.98 Å². The minimum atomic E-state index is -0.0705. The van der Waals surface area contributed by atoms with Crippen LogP contribution in [0.25, 0.3) is 5.65 Å². The van der Waals surface area contributed by atoms with E-state index in [4.69, 9.17) is 4.52 Å². The van der Waals surface area contributed by atoms with Gasteiger partial charge in [0.25, 0.3) is 5.91 Å². The number of rotatable bonds is 3. The molecule has 0 bridgehead atoms. The Morgan fingerprint density at radius 3 is 2.65 bits per heavy atom. The van der Waals surface area contributed by atoms with Crippen LogP contribution in [0.3, 0.4) is 0 Å². The van der Waals surface area contributed by atoms with Crippen molar-refractivity contribution in [2.45, 2.75) is 34.2 Å². The van der Waals surface area contributed by atoms with E-state index in [0.29, 0.717) is 12.2 Å². The molecule has 3 rings (SSSR count). The third-order valence-electron chi connectivity index (χ3n) is 4.08. The Hall–Kier alpha value is -2.63. The highest BCUT2D eigenvalue weighted by Gasteiger charge is 2.22. The second-order valence-electron chi connectivity index (χ2n) is 5.94.